The minimum atomic E-state index is 0.290. The summed E-state index contributed by atoms with van der Waals surface area (Å²) in [4.78, 5) is 17.3. The molecule has 3 heterocycles. The maximum atomic E-state index is 12.8. The monoisotopic (exact) mass is 276 g/mol. The van der Waals surface area contributed by atoms with Gasteiger partial charge in [-0.2, -0.15) is 0 Å². The van der Waals surface area contributed by atoms with Crippen LogP contribution in [-0.4, -0.2) is 36.5 Å². The fourth-order valence-corrected chi connectivity index (χ4v) is 5.11. The Kier molecular flexibility index (Phi) is 2.88. The van der Waals surface area contributed by atoms with E-state index in [9.17, 15) is 4.79 Å². The molecule has 1 aliphatic carbocycles. The van der Waals surface area contributed by atoms with Gasteiger partial charge < -0.3 is 10.2 Å². The molecule has 0 radical (unpaired) electrons. The van der Waals surface area contributed by atoms with Gasteiger partial charge in [-0.3, -0.25) is 4.79 Å². The first kappa shape index (κ1) is 11.9. The van der Waals surface area contributed by atoms with Crippen LogP contribution in [0.4, 0.5) is 0 Å². The highest BCUT2D eigenvalue weighted by atomic mass is 32.1. The molecule has 102 valence electrons. The number of nitrogens with zero attached hydrogens (tertiary/aromatic N) is 1. The number of aryl methyl sites for hydroxylation is 2. The topological polar surface area (TPSA) is 32.3 Å². The lowest BCUT2D eigenvalue weighted by Crippen LogP contribution is -2.48. The molecule has 2 atom stereocenters. The van der Waals surface area contributed by atoms with Gasteiger partial charge in [0.05, 0.1) is 4.88 Å². The second-order valence-electron chi connectivity index (χ2n) is 6.04. The van der Waals surface area contributed by atoms with Gasteiger partial charge in [-0.15, -0.1) is 11.3 Å². The molecule has 19 heavy (non-hydrogen) atoms. The summed E-state index contributed by atoms with van der Waals surface area (Å²) in [7, 11) is 0. The first-order valence-corrected chi connectivity index (χ1v) is 8.28. The smallest absolute Gasteiger partial charge is 0.264 e. The largest absolute Gasteiger partial charge is 0.333 e. The number of amides is 1. The van der Waals surface area contributed by atoms with Crippen molar-refractivity contribution in [1.29, 1.82) is 0 Å². The Bertz CT molecular complexity index is 489. The van der Waals surface area contributed by atoms with E-state index in [-0.39, 0.29) is 5.91 Å². The van der Waals surface area contributed by atoms with Crippen LogP contribution in [0, 0.1) is 5.92 Å². The molecule has 0 saturated carbocycles. The normalized spacial score (nSPS) is 29.4. The molecule has 2 fully saturated rings. The van der Waals surface area contributed by atoms with Crippen molar-refractivity contribution in [2.24, 2.45) is 5.92 Å². The standard InChI is InChI=1S/C15H20N2OS/c18-15(14-7-10-3-1-5-13(10)19-14)17-6-2-4-11-8-16-9-12(11)17/h7,11-12,16H,1-6,8-9H2. The number of hydrogen-bond donors (Lipinski definition) is 1. The fraction of sp³-hybridized carbons (Fsp3) is 0.667. The molecule has 1 aromatic heterocycles. The zero-order chi connectivity index (χ0) is 12.8. The van der Waals surface area contributed by atoms with E-state index in [1.165, 1.54) is 42.5 Å². The van der Waals surface area contributed by atoms with E-state index in [4.69, 9.17) is 0 Å². The molecule has 0 bridgehead atoms. The number of likely N-dealkylation sites (tertiary alicyclic amines) is 1. The van der Waals surface area contributed by atoms with E-state index in [0.717, 1.165) is 24.5 Å². The molecule has 0 spiro atoms. The third-order valence-corrected chi connectivity index (χ3v) is 6.12. The minimum absolute atomic E-state index is 0.290. The van der Waals surface area contributed by atoms with Crippen molar-refractivity contribution in [1.82, 2.24) is 10.2 Å². The SMILES string of the molecule is O=C(c1cc2c(s1)CCC2)N1CCCC2CNCC21. The van der Waals surface area contributed by atoms with Crippen LogP contribution >= 0.6 is 11.3 Å². The number of piperidine rings is 1. The molecule has 2 unspecified atom stereocenters. The molecule has 4 heteroatoms. The number of rotatable bonds is 1. The van der Waals surface area contributed by atoms with Crippen molar-refractivity contribution in [3.63, 3.8) is 0 Å². The summed E-state index contributed by atoms with van der Waals surface area (Å²) in [5.41, 5.74) is 1.44. The Morgan fingerprint density at radius 2 is 2.26 bits per heavy atom. The van der Waals surface area contributed by atoms with E-state index >= 15 is 0 Å². The van der Waals surface area contributed by atoms with Gasteiger partial charge >= 0.3 is 0 Å². The van der Waals surface area contributed by atoms with E-state index < -0.39 is 0 Å². The van der Waals surface area contributed by atoms with Gasteiger partial charge in [0.2, 0.25) is 0 Å². The first-order chi connectivity index (χ1) is 9.33. The average molecular weight is 276 g/mol. The predicted molar refractivity (Wildman–Crippen MR) is 76.8 cm³/mol. The molecule has 1 aromatic rings. The lowest BCUT2D eigenvalue weighted by molar-refractivity contribution is 0.0580. The number of carbonyl (C=O) groups is 1. The van der Waals surface area contributed by atoms with Crippen LogP contribution < -0.4 is 5.32 Å². The van der Waals surface area contributed by atoms with Gasteiger partial charge in [0.1, 0.15) is 0 Å². The van der Waals surface area contributed by atoms with Crippen molar-refractivity contribution < 1.29 is 4.79 Å². The third-order valence-electron chi connectivity index (χ3n) is 4.90. The average Bonchev–Trinajstić information content (AvgIpc) is 3.11. The maximum Gasteiger partial charge on any atom is 0.264 e. The number of fused-ring (bicyclic) bond motifs is 2. The van der Waals surface area contributed by atoms with Crippen LogP contribution in [0.15, 0.2) is 6.07 Å². The van der Waals surface area contributed by atoms with Crippen molar-refractivity contribution in [2.45, 2.75) is 38.1 Å². The van der Waals surface area contributed by atoms with Gasteiger partial charge in [0.25, 0.3) is 5.91 Å². The van der Waals surface area contributed by atoms with Crippen molar-refractivity contribution in [3.8, 4) is 0 Å². The first-order valence-electron chi connectivity index (χ1n) is 7.46. The molecule has 4 rings (SSSR count). The van der Waals surface area contributed by atoms with Crippen LogP contribution in [0.25, 0.3) is 0 Å². The lowest BCUT2D eigenvalue weighted by atomic mass is 9.92. The number of carbonyl (C=O) groups excluding carboxylic acids is 1. The van der Waals surface area contributed by atoms with Gasteiger partial charge in [-0.05, 0) is 49.7 Å². The van der Waals surface area contributed by atoms with Crippen molar-refractivity contribution in [3.05, 3.63) is 21.4 Å². The Morgan fingerprint density at radius 3 is 3.16 bits per heavy atom. The number of nitrogens with one attached hydrogen (secondary N) is 1. The van der Waals surface area contributed by atoms with Gasteiger partial charge in [-0.1, -0.05) is 0 Å². The van der Waals surface area contributed by atoms with Crippen molar-refractivity contribution in [2.75, 3.05) is 19.6 Å². The summed E-state index contributed by atoms with van der Waals surface area (Å²) in [6.45, 7) is 3.03. The highest BCUT2D eigenvalue weighted by Crippen LogP contribution is 2.33. The second-order valence-corrected chi connectivity index (χ2v) is 7.18. The highest BCUT2D eigenvalue weighted by Gasteiger charge is 2.38. The zero-order valence-corrected chi connectivity index (χ0v) is 12.0. The predicted octanol–water partition coefficient (Wildman–Crippen LogP) is 2.06. The molecule has 2 saturated heterocycles. The van der Waals surface area contributed by atoms with Crippen LogP contribution in [0.3, 0.4) is 0 Å². The zero-order valence-electron chi connectivity index (χ0n) is 11.2. The summed E-state index contributed by atoms with van der Waals surface area (Å²) in [6.07, 6.45) is 6.07. The summed E-state index contributed by atoms with van der Waals surface area (Å²) in [6, 6.07) is 2.61. The van der Waals surface area contributed by atoms with Crippen molar-refractivity contribution >= 4 is 17.2 Å². The van der Waals surface area contributed by atoms with E-state index in [1.807, 2.05) is 0 Å². The summed E-state index contributed by atoms with van der Waals surface area (Å²) in [5, 5.41) is 3.45. The molecule has 3 aliphatic rings. The maximum absolute atomic E-state index is 12.8. The van der Waals surface area contributed by atoms with Gasteiger partial charge in [0.15, 0.2) is 0 Å². The fourth-order valence-electron chi connectivity index (χ4n) is 3.90. The molecule has 3 nitrogen and oxygen atoms in total. The third kappa shape index (κ3) is 1.93. The summed E-state index contributed by atoms with van der Waals surface area (Å²) < 4.78 is 0. The molecule has 2 aliphatic heterocycles. The molecule has 1 N–H and O–H groups in total. The molecule has 0 aromatic carbocycles. The second kappa shape index (κ2) is 4.60. The van der Waals surface area contributed by atoms with E-state index in [0.29, 0.717) is 12.0 Å². The number of hydrogen-bond acceptors (Lipinski definition) is 3. The summed E-state index contributed by atoms with van der Waals surface area (Å²) >= 11 is 1.75. The van der Waals surface area contributed by atoms with Gasteiger partial charge in [-0.25, -0.2) is 0 Å². The summed E-state index contributed by atoms with van der Waals surface area (Å²) in [5.74, 6) is 0.974. The molecule has 1 amide bonds. The number of thiophene rings is 1. The van der Waals surface area contributed by atoms with Crippen LogP contribution in [0.2, 0.25) is 0 Å². The minimum Gasteiger partial charge on any atom is -0.333 e. The molecular weight excluding hydrogens is 256 g/mol. The Balaban J connectivity index is 1.58. The van der Waals surface area contributed by atoms with E-state index in [2.05, 4.69) is 16.3 Å². The Labute approximate surface area is 118 Å². The van der Waals surface area contributed by atoms with E-state index in [1.54, 1.807) is 11.3 Å². The van der Waals surface area contributed by atoms with Crippen LogP contribution in [0.5, 0.6) is 0 Å². The highest BCUT2D eigenvalue weighted by molar-refractivity contribution is 7.14. The Hall–Kier alpha value is -0.870. The Morgan fingerprint density at radius 1 is 1.32 bits per heavy atom. The van der Waals surface area contributed by atoms with Gasteiger partial charge in [0, 0.05) is 30.6 Å². The quantitative estimate of drug-likeness (QED) is 0.851. The van der Waals surface area contributed by atoms with Crippen LogP contribution in [-0.2, 0) is 12.8 Å². The molecular formula is C15H20N2OS. The lowest BCUT2D eigenvalue weighted by Gasteiger charge is -2.36. The van der Waals surface area contributed by atoms with Crippen LogP contribution in [0.1, 0.15) is 39.4 Å².